The third-order valence-electron chi connectivity index (χ3n) is 2.12. The van der Waals surface area contributed by atoms with Crippen LogP contribution in [0.3, 0.4) is 0 Å². The summed E-state index contributed by atoms with van der Waals surface area (Å²) in [7, 11) is 0. The summed E-state index contributed by atoms with van der Waals surface area (Å²) in [6.07, 6.45) is 5.03. The molecule has 0 spiro atoms. The number of hydrogen-bond donors (Lipinski definition) is 1. The maximum atomic E-state index is 5.55. The maximum Gasteiger partial charge on any atom is 0.113 e. The van der Waals surface area contributed by atoms with Crippen molar-refractivity contribution in [3.05, 3.63) is 18.2 Å². The molecule has 54 valence electrons. The van der Waals surface area contributed by atoms with Gasteiger partial charge in [0.2, 0.25) is 0 Å². The lowest BCUT2D eigenvalue weighted by Gasteiger charge is -2.00. The Balaban J connectivity index is 2.34. The summed E-state index contributed by atoms with van der Waals surface area (Å²) in [5, 5.41) is 0. The molecule has 10 heavy (non-hydrogen) atoms. The third-order valence-corrected chi connectivity index (χ3v) is 2.12. The van der Waals surface area contributed by atoms with Gasteiger partial charge in [-0.3, -0.25) is 0 Å². The van der Waals surface area contributed by atoms with E-state index in [1.54, 1.807) is 0 Å². The van der Waals surface area contributed by atoms with E-state index in [2.05, 4.69) is 9.55 Å². The first-order chi connectivity index (χ1) is 4.92. The van der Waals surface area contributed by atoms with Crippen LogP contribution in [0.15, 0.2) is 12.4 Å². The second-order valence-electron chi connectivity index (χ2n) is 2.70. The second-order valence-corrected chi connectivity index (χ2v) is 2.70. The summed E-state index contributed by atoms with van der Waals surface area (Å²) in [5.74, 6) is 1.68. The fourth-order valence-electron chi connectivity index (χ4n) is 1.52. The zero-order chi connectivity index (χ0) is 6.97. The van der Waals surface area contributed by atoms with Crippen molar-refractivity contribution in [2.45, 2.75) is 18.9 Å². The minimum Gasteiger partial charge on any atom is -0.335 e. The number of imidazole rings is 1. The van der Waals surface area contributed by atoms with Crippen molar-refractivity contribution < 1.29 is 0 Å². The Bertz CT molecular complexity index is 229. The molecule has 2 heterocycles. The van der Waals surface area contributed by atoms with Crippen LogP contribution in [0.4, 0.5) is 0 Å². The maximum absolute atomic E-state index is 5.55. The Morgan fingerprint density at radius 3 is 3.50 bits per heavy atom. The first-order valence-corrected chi connectivity index (χ1v) is 3.63. The van der Waals surface area contributed by atoms with Crippen molar-refractivity contribution in [1.29, 1.82) is 0 Å². The van der Waals surface area contributed by atoms with Crippen LogP contribution in [0, 0.1) is 0 Å². The van der Waals surface area contributed by atoms with E-state index in [-0.39, 0.29) is 0 Å². The van der Waals surface area contributed by atoms with E-state index in [0.29, 0.717) is 5.92 Å². The number of aryl methyl sites for hydroxylation is 1. The highest BCUT2D eigenvalue weighted by atomic mass is 15.1. The summed E-state index contributed by atoms with van der Waals surface area (Å²) in [6.45, 7) is 1.83. The predicted octanol–water partition coefficient (Wildman–Crippen LogP) is 0.329. The lowest BCUT2D eigenvalue weighted by molar-refractivity contribution is 0.661. The molecule has 3 nitrogen and oxygen atoms in total. The van der Waals surface area contributed by atoms with Crippen LogP contribution in [0.5, 0.6) is 0 Å². The van der Waals surface area contributed by atoms with Crippen molar-refractivity contribution in [1.82, 2.24) is 9.55 Å². The standard InChI is InChI=1S/C7H11N3/c8-5-6-1-3-10-4-2-9-7(6)10/h2,4,6H,1,3,5,8H2/t6-/m1/s1. The average Bonchev–Trinajstić information content (AvgIpc) is 2.44. The van der Waals surface area contributed by atoms with Crippen molar-refractivity contribution in [2.24, 2.45) is 5.73 Å². The predicted molar refractivity (Wildman–Crippen MR) is 38.6 cm³/mol. The highest BCUT2D eigenvalue weighted by Crippen LogP contribution is 2.24. The molecule has 0 saturated heterocycles. The molecule has 3 heteroatoms. The van der Waals surface area contributed by atoms with Gasteiger partial charge in [-0.25, -0.2) is 4.98 Å². The monoisotopic (exact) mass is 137 g/mol. The lowest BCUT2D eigenvalue weighted by Crippen LogP contribution is -2.10. The van der Waals surface area contributed by atoms with E-state index >= 15 is 0 Å². The van der Waals surface area contributed by atoms with Crippen LogP contribution in [0.2, 0.25) is 0 Å². The Hall–Kier alpha value is -0.830. The highest BCUT2D eigenvalue weighted by Gasteiger charge is 2.21. The van der Waals surface area contributed by atoms with Crippen LogP contribution >= 0.6 is 0 Å². The van der Waals surface area contributed by atoms with Gasteiger partial charge in [-0.1, -0.05) is 0 Å². The number of rotatable bonds is 1. The summed E-state index contributed by atoms with van der Waals surface area (Å²) in [4.78, 5) is 4.23. The summed E-state index contributed by atoms with van der Waals surface area (Å²) >= 11 is 0. The summed E-state index contributed by atoms with van der Waals surface area (Å²) in [6, 6.07) is 0. The number of fused-ring (bicyclic) bond motifs is 1. The smallest absolute Gasteiger partial charge is 0.113 e. The van der Waals surface area contributed by atoms with Gasteiger partial charge in [-0.15, -0.1) is 0 Å². The molecule has 1 aliphatic rings. The lowest BCUT2D eigenvalue weighted by atomic mass is 10.1. The molecule has 1 aromatic rings. The van der Waals surface area contributed by atoms with Crippen molar-refractivity contribution in [2.75, 3.05) is 6.54 Å². The topological polar surface area (TPSA) is 43.8 Å². The summed E-state index contributed by atoms with van der Waals surface area (Å²) < 4.78 is 2.18. The van der Waals surface area contributed by atoms with Gasteiger partial charge in [0.15, 0.2) is 0 Å². The molecule has 2 rings (SSSR count). The molecule has 0 bridgehead atoms. The van der Waals surface area contributed by atoms with Gasteiger partial charge in [-0.05, 0) is 6.42 Å². The zero-order valence-corrected chi connectivity index (χ0v) is 5.83. The van der Waals surface area contributed by atoms with E-state index in [0.717, 1.165) is 13.1 Å². The second kappa shape index (κ2) is 2.09. The Labute approximate surface area is 59.9 Å². The molecule has 2 N–H and O–H groups in total. The van der Waals surface area contributed by atoms with Gasteiger partial charge in [0.05, 0.1) is 0 Å². The molecule has 0 saturated carbocycles. The highest BCUT2D eigenvalue weighted by molar-refractivity contribution is 5.05. The van der Waals surface area contributed by atoms with Crippen molar-refractivity contribution >= 4 is 0 Å². The van der Waals surface area contributed by atoms with Crippen molar-refractivity contribution in [3.63, 3.8) is 0 Å². The number of nitrogens with two attached hydrogens (primary N) is 1. The molecule has 1 aromatic heterocycles. The Kier molecular flexibility index (Phi) is 1.24. The Morgan fingerprint density at radius 2 is 2.70 bits per heavy atom. The fraction of sp³-hybridized carbons (Fsp3) is 0.571. The molecule has 0 fully saturated rings. The first-order valence-electron chi connectivity index (χ1n) is 3.63. The van der Waals surface area contributed by atoms with Gasteiger partial charge >= 0.3 is 0 Å². The van der Waals surface area contributed by atoms with E-state index < -0.39 is 0 Å². The quantitative estimate of drug-likeness (QED) is 0.606. The molecule has 0 aliphatic carbocycles. The molecule has 1 atom stereocenters. The van der Waals surface area contributed by atoms with Crippen LogP contribution in [-0.4, -0.2) is 16.1 Å². The normalized spacial score (nSPS) is 23.1. The molecule has 0 radical (unpaired) electrons. The molecular weight excluding hydrogens is 126 g/mol. The largest absolute Gasteiger partial charge is 0.335 e. The zero-order valence-electron chi connectivity index (χ0n) is 5.83. The van der Waals surface area contributed by atoms with Crippen LogP contribution in [0.1, 0.15) is 18.2 Å². The van der Waals surface area contributed by atoms with Crippen molar-refractivity contribution in [3.8, 4) is 0 Å². The molecular formula is C7H11N3. The van der Waals surface area contributed by atoms with Crippen LogP contribution < -0.4 is 5.73 Å². The number of hydrogen-bond acceptors (Lipinski definition) is 2. The molecule has 0 unspecified atom stereocenters. The SMILES string of the molecule is NC[C@H]1CCn2ccnc21. The van der Waals surface area contributed by atoms with E-state index in [1.165, 1.54) is 12.2 Å². The van der Waals surface area contributed by atoms with E-state index in [1.807, 2.05) is 12.4 Å². The first kappa shape index (κ1) is 5.92. The van der Waals surface area contributed by atoms with Gasteiger partial charge in [0.1, 0.15) is 5.82 Å². The molecule has 0 amide bonds. The third kappa shape index (κ3) is 0.671. The minimum absolute atomic E-state index is 0.509. The molecule has 1 aliphatic heterocycles. The van der Waals surface area contributed by atoms with Gasteiger partial charge in [0, 0.05) is 31.4 Å². The van der Waals surface area contributed by atoms with Gasteiger partial charge in [0.25, 0.3) is 0 Å². The number of aromatic nitrogens is 2. The Morgan fingerprint density at radius 1 is 1.80 bits per heavy atom. The van der Waals surface area contributed by atoms with E-state index in [9.17, 15) is 0 Å². The van der Waals surface area contributed by atoms with Gasteiger partial charge in [-0.2, -0.15) is 0 Å². The van der Waals surface area contributed by atoms with E-state index in [4.69, 9.17) is 5.73 Å². The van der Waals surface area contributed by atoms with Crippen LogP contribution in [0.25, 0.3) is 0 Å². The van der Waals surface area contributed by atoms with Gasteiger partial charge < -0.3 is 10.3 Å². The summed E-state index contributed by atoms with van der Waals surface area (Å²) in [5.41, 5.74) is 5.55. The molecule has 0 aromatic carbocycles. The average molecular weight is 137 g/mol. The minimum atomic E-state index is 0.509. The number of nitrogens with zero attached hydrogens (tertiary/aromatic N) is 2. The van der Waals surface area contributed by atoms with Crippen LogP contribution in [-0.2, 0) is 6.54 Å². The fourth-order valence-corrected chi connectivity index (χ4v) is 1.52.